The van der Waals surface area contributed by atoms with Gasteiger partial charge in [-0.15, -0.1) is 0 Å². The van der Waals surface area contributed by atoms with Gasteiger partial charge in [-0.25, -0.2) is 0 Å². The summed E-state index contributed by atoms with van der Waals surface area (Å²) in [5, 5.41) is 11.6. The van der Waals surface area contributed by atoms with Crippen LogP contribution in [0.5, 0.6) is 0 Å². The molecule has 10 nitrogen and oxygen atoms in total. The number of aliphatic hydroxyl groups excluding tert-OH is 1. The average Bonchev–Trinajstić information content (AvgIpc) is 3.52. The summed E-state index contributed by atoms with van der Waals surface area (Å²) >= 11 is 0. The number of ether oxygens (including phenoxy) is 9. The van der Waals surface area contributed by atoms with E-state index in [0.29, 0.717) is 5.92 Å². The van der Waals surface area contributed by atoms with Crippen LogP contribution in [0, 0.1) is 39.4 Å². The molecule has 302 valence electrons. The number of hydrogen-bond donors (Lipinski definition) is 1. The van der Waals surface area contributed by atoms with Crippen molar-refractivity contribution in [2.45, 2.75) is 179 Å². The van der Waals surface area contributed by atoms with Crippen molar-refractivity contribution < 1.29 is 47.7 Å². The predicted octanol–water partition coefficient (Wildman–Crippen LogP) is 6.58. The molecule has 2 aliphatic heterocycles. The van der Waals surface area contributed by atoms with Gasteiger partial charge in [0.2, 0.25) is 0 Å². The maximum Gasteiger partial charge on any atom is 0.187 e. The van der Waals surface area contributed by atoms with Crippen LogP contribution in [0.25, 0.3) is 0 Å². The molecule has 1 N–H and O–H groups in total. The standard InChI is InChI=1S/C42H74O10/c1-37(2)29(46-10)17-21-42-22-25(42)14-19-40(6)35(41(7)20-16-30(52-41)38(3,4)49-13)27(45-9)23-39(40,5)18-15-26(34(37)42)50-36-33(48-12)31(43)32(47-11)28(51-36)24-44-8/h25-36,43H,14-24H2,1-13H3/t25?,26-,27-,28+,29-,30-,31-,32+,33+,34-,35?,36+,39+,40+,41+,42-/m0/s1. The molecule has 2 heterocycles. The zero-order valence-corrected chi connectivity index (χ0v) is 34.8. The summed E-state index contributed by atoms with van der Waals surface area (Å²) in [6.07, 6.45) is 7.16. The molecule has 6 aliphatic rings. The zero-order valence-electron chi connectivity index (χ0n) is 34.8. The van der Waals surface area contributed by atoms with E-state index in [9.17, 15) is 5.11 Å². The quantitative estimate of drug-likeness (QED) is 0.250. The number of fused-ring (bicyclic) bond motifs is 1. The van der Waals surface area contributed by atoms with E-state index >= 15 is 0 Å². The van der Waals surface area contributed by atoms with Crippen molar-refractivity contribution in [2.24, 2.45) is 39.4 Å². The van der Waals surface area contributed by atoms with E-state index in [-0.39, 0.29) is 75.7 Å². The third kappa shape index (κ3) is 6.56. The zero-order chi connectivity index (χ0) is 38.1. The van der Waals surface area contributed by atoms with Crippen molar-refractivity contribution in [2.75, 3.05) is 49.3 Å². The Bertz CT molecular complexity index is 1230. The summed E-state index contributed by atoms with van der Waals surface area (Å²) in [7, 11) is 10.4. The van der Waals surface area contributed by atoms with E-state index in [1.165, 1.54) is 12.8 Å². The van der Waals surface area contributed by atoms with Gasteiger partial charge in [0.1, 0.15) is 24.4 Å². The van der Waals surface area contributed by atoms with Crippen LogP contribution in [0.15, 0.2) is 0 Å². The van der Waals surface area contributed by atoms with Crippen LogP contribution >= 0.6 is 0 Å². The Labute approximate surface area is 314 Å². The highest BCUT2D eigenvalue weighted by Crippen LogP contribution is 2.74. The second-order valence-electron chi connectivity index (χ2n) is 19.5. The molecule has 52 heavy (non-hydrogen) atoms. The Morgan fingerprint density at radius 2 is 1.44 bits per heavy atom. The molecule has 2 unspecified atom stereocenters. The average molecular weight is 739 g/mol. The van der Waals surface area contributed by atoms with Gasteiger partial charge in [-0.2, -0.15) is 0 Å². The molecule has 0 bridgehead atoms. The lowest BCUT2D eigenvalue weighted by molar-refractivity contribution is -0.330. The van der Waals surface area contributed by atoms with E-state index in [4.69, 9.17) is 42.6 Å². The second-order valence-corrected chi connectivity index (χ2v) is 19.5. The molecule has 0 radical (unpaired) electrons. The third-order valence-electron chi connectivity index (χ3n) is 16.5. The van der Waals surface area contributed by atoms with Crippen molar-refractivity contribution >= 4 is 0 Å². The second kappa shape index (κ2) is 14.8. The highest BCUT2D eigenvalue weighted by atomic mass is 16.7. The van der Waals surface area contributed by atoms with Gasteiger partial charge < -0.3 is 47.7 Å². The molecule has 2 saturated heterocycles. The van der Waals surface area contributed by atoms with E-state index in [1.54, 1.807) is 28.4 Å². The highest BCUT2D eigenvalue weighted by Gasteiger charge is 2.71. The minimum absolute atomic E-state index is 0.0171. The molecular weight excluding hydrogens is 664 g/mol. The van der Waals surface area contributed by atoms with Gasteiger partial charge in [0, 0.05) is 48.6 Å². The molecule has 4 aliphatic carbocycles. The first-order chi connectivity index (χ1) is 24.5. The van der Waals surface area contributed by atoms with Crippen molar-refractivity contribution in [3.63, 3.8) is 0 Å². The van der Waals surface area contributed by atoms with Crippen molar-refractivity contribution in [3.8, 4) is 0 Å². The van der Waals surface area contributed by atoms with Crippen LogP contribution in [0.1, 0.15) is 113 Å². The van der Waals surface area contributed by atoms with E-state index in [0.717, 1.165) is 51.4 Å². The van der Waals surface area contributed by atoms with Crippen molar-refractivity contribution in [1.82, 2.24) is 0 Å². The monoisotopic (exact) mass is 739 g/mol. The first-order valence-corrected chi connectivity index (χ1v) is 20.3. The van der Waals surface area contributed by atoms with Gasteiger partial charge in [0.15, 0.2) is 6.29 Å². The lowest BCUT2D eigenvalue weighted by Gasteiger charge is -2.56. The Kier molecular flexibility index (Phi) is 11.8. The van der Waals surface area contributed by atoms with Gasteiger partial charge in [-0.3, -0.25) is 0 Å². The first-order valence-electron chi connectivity index (χ1n) is 20.3. The van der Waals surface area contributed by atoms with Crippen molar-refractivity contribution in [3.05, 3.63) is 0 Å². The number of rotatable bonds is 11. The van der Waals surface area contributed by atoms with E-state index in [1.807, 2.05) is 14.2 Å². The van der Waals surface area contributed by atoms with Gasteiger partial charge in [0.05, 0.1) is 42.2 Å². The molecule has 6 fully saturated rings. The maximum atomic E-state index is 11.6. The normalized spacial score (nSPS) is 50.7. The molecular formula is C42H74O10. The fourth-order valence-electron chi connectivity index (χ4n) is 13.3. The maximum absolute atomic E-state index is 11.6. The molecule has 10 heteroatoms. The molecule has 16 atom stereocenters. The largest absolute Gasteiger partial charge is 0.387 e. The van der Waals surface area contributed by atoms with Gasteiger partial charge in [0.25, 0.3) is 0 Å². The molecule has 0 aromatic carbocycles. The smallest absolute Gasteiger partial charge is 0.187 e. The van der Waals surface area contributed by atoms with Crippen LogP contribution in [0.4, 0.5) is 0 Å². The summed E-state index contributed by atoms with van der Waals surface area (Å²) in [6.45, 7) is 16.8. The summed E-state index contributed by atoms with van der Waals surface area (Å²) in [6, 6.07) is 0. The van der Waals surface area contributed by atoms with Crippen LogP contribution in [-0.4, -0.2) is 121 Å². The van der Waals surface area contributed by atoms with E-state index in [2.05, 4.69) is 48.5 Å². The Balaban J connectivity index is 1.38. The topological polar surface area (TPSA) is 103 Å². The molecule has 1 spiro atoms. The molecule has 6 rings (SSSR count). The minimum atomic E-state index is -0.930. The van der Waals surface area contributed by atoms with Crippen LogP contribution < -0.4 is 0 Å². The molecule has 0 aromatic heterocycles. The van der Waals surface area contributed by atoms with Gasteiger partial charge in [-0.1, -0.05) is 27.7 Å². The predicted molar refractivity (Wildman–Crippen MR) is 198 cm³/mol. The third-order valence-corrected chi connectivity index (χ3v) is 16.5. The van der Waals surface area contributed by atoms with Gasteiger partial charge >= 0.3 is 0 Å². The Morgan fingerprint density at radius 1 is 0.731 bits per heavy atom. The molecule has 4 saturated carbocycles. The first kappa shape index (κ1) is 41.2. The van der Waals surface area contributed by atoms with Crippen LogP contribution in [0.3, 0.4) is 0 Å². The molecule has 0 aromatic rings. The van der Waals surface area contributed by atoms with Crippen LogP contribution in [0.2, 0.25) is 0 Å². The minimum Gasteiger partial charge on any atom is -0.387 e. The fourth-order valence-corrected chi connectivity index (χ4v) is 13.3. The summed E-state index contributed by atoms with van der Waals surface area (Å²) in [4.78, 5) is 0. The Hall–Kier alpha value is -0.400. The highest BCUT2D eigenvalue weighted by molar-refractivity contribution is 5.19. The van der Waals surface area contributed by atoms with Crippen molar-refractivity contribution in [1.29, 1.82) is 0 Å². The summed E-state index contributed by atoms with van der Waals surface area (Å²) < 4.78 is 57.1. The Morgan fingerprint density at radius 3 is 2.06 bits per heavy atom. The lowest BCUT2D eigenvalue weighted by atomic mass is 9.53. The van der Waals surface area contributed by atoms with Crippen LogP contribution in [-0.2, 0) is 42.6 Å². The fraction of sp³-hybridized carbons (Fsp3) is 1.00. The summed E-state index contributed by atoms with van der Waals surface area (Å²) in [5.41, 5.74) is -0.677. The summed E-state index contributed by atoms with van der Waals surface area (Å²) in [5.74, 6) is 1.10. The number of methoxy groups -OCH3 is 6. The lowest BCUT2D eigenvalue weighted by Crippen LogP contribution is -2.62. The molecule has 0 amide bonds. The number of aliphatic hydroxyl groups is 1. The van der Waals surface area contributed by atoms with E-state index < -0.39 is 30.7 Å². The van der Waals surface area contributed by atoms with Gasteiger partial charge in [-0.05, 0) is 118 Å². The SMILES string of the molecule is COC[C@H]1O[C@@H](O[C@H]2CC[C@]3(C)C[C@H](OC)C([C@@]4(C)CC[C@@H](C(C)(C)OC)O4)[C@@]3(C)CCC3C[C@@]34CC[C@H](OC)C(C)(C)[C@H]24)[C@H](OC)[C@@H](O)[C@@H]1OC. The number of hydrogen-bond acceptors (Lipinski definition) is 10.